The standard InChI is InChI=1S/C15H22O3/c1-17-14-7-8-15(18-2)12(10-14)9-11-3-5-13(16)6-4-11/h7-8,10-11,13,16H,3-6,9H2,1-2H3. The molecule has 0 saturated heterocycles. The third-order valence-corrected chi connectivity index (χ3v) is 3.81. The van der Waals surface area contributed by atoms with Crippen molar-refractivity contribution < 1.29 is 14.6 Å². The van der Waals surface area contributed by atoms with Crippen LogP contribution in [0.2, 0.25) is 0 Å². The molecule has 100 valence electrons. The van der Waals surface area contributed by atoms with E-state index in [2.05, 4.69) is 6.07 Å². The molecule has 0 radical (unpaired) electrons. The summed E-state index contributed by atoms with van der Waals surface area (Å²) in [6, 6.07) is 5.95. The van der Waals surface area contributed by atoms with Crippen LogP contribution in [0.1, 0.15) is 31.2 Å². The van der Waals surface area contributed by atoms with Crippen LogP contribution in [0.5, 0.6) is 11.5 Å². The van der Waals surface area contributed by atoms with Crippen molar-refractivity contribution in [2.45, 2.75) is 38.2 Å². The number of ether oxygens (including phenoxy) is 2. The molecule has 3 nitrogen and oxygen atoms in total. The molecule has 3 heteroatoms. The number of benzene rings is 1. The molecule has 2 rings (SSSR count). The summed E-state index contributed by atoms with van der Waals surface area (Å²) in [5, 5.41) is 9.53. The Morgan fingerprint density at radius 3 is 2.44 bits per heavy atom. The van der Waals surface area contributed by atoms with Crippen LogP contribution < -0.4 is 9.47 Å². The summed E-state index contributed by atoms with van der Waals surface area (Å²) in [6.45, 7) is 0. The molecule has 1 N–H and O–H groups in total. The fraction of sp³-hybridized carbons (Fsp3) is 0.600. The summed E-state index contributed by atoms with van der Waals surface area (Å²) in [6.07, 6.45) is 4.97. The summed E-state index contributed by atoms with van der Waals surface area (Å²) < 4.78 is 10.7. The molecular weight excluding hydrogens is 228 g/mol. The van der Waals surface area contributed by atoms with Gasteiger partial charge in [0.2, 0.25) is 0 Å². The quantitative estimate of drug-likeness (QED) is 0.893. The largest absolute Gasteiger partial charge is 0.497 e. The van der Waals surface area contributed by atoms with Crippen molar-refractivity contribution >= 4 is 0 Å². The van der Waals surface area contributed by atoms with Crippen molar-refractivity contribution in [2.24, 2.45) is 5.92 Å². The van der Waals surface area contributed by atoms with E-state index in [1.807, 2.05) is 12.1 Å². The Bertz CT molecular complexity index is 381. The molecule has 0 aromatic heterocycles. The second-order valence-electron chi connectivity index (χ2n) is 5.06. The van der Waals surface area contributed by atoms with Gasteiger partial charge in [-0.3, -0.25) is 0 Å². The zero-order chi connectivity index (χ0) is 13.0. The van der Waals surface area contributed by atoms with Crippen molar-refractivity contribution in [3.63, 3.8) is 0 Å². The highest BCUT2D eigenvalue weighted by Gasteiger charge is 2.20. The highest BCUT2D eigenvalue weighted by atomic mass is 16.5. The highest BCUT2D eigenvalue weighted by molar-refractivity contribution is 5.40. The Morgan fingerprint density at radius 2 is 1.83 bits per heavy atom. The molecule has 1 aromatic rings. The molecule has 1 saturated carbocycles. The van der Waals surface area contributed by atoms with Gasteiger partial charge in [-0.05, 0) is 61.8 Å². The second kappa shape index (κ2) is 6.10. The first-order valence-corrected chi connectivity index (χ1v) is 6.62. The van der Waals surface area contributed by atoms with E-state index in [4.69, 9.17) is 9.47 Å². The lowest BCUT2D eigenvalue weighted by Crippen LogP contribution is -2.19. The van der Waals surface area contributed by atoms with E-state index in [0.29, 0.717) is 5.92 Å². The van der Waals surface area contributed by atoms with E-state index in [-0.39, 0.29) is 6.10 Å². The third-order valence-electron chi connectivity index (χ3n) is 3.81. The number of rotatable bonds is 4. The highest BCUT2D eigenvalue weighted by Crippen LogP contribution is 2.32. The van der Waals surface area contributed by atoms with Crippen LogP contribution in [0.25, 0.3) is 0 Å². The Morgan fingerprint density at radius 1 is 1.11 bits per heavy atom. The minimum Gasteiger partial charge on any atom is -0.497 e. The second-order valence-corrected chi connectivity index (χ2v) is 5.06. The summed E-state index contributed by atoms with van der Waals surface area (Å²) in [5.74, 6) is 2.46. The normalized spacial score (nSPS) is 23.7. The maximum Gasteiger partial charge on any atom is 0.122 e. The predicted octanol–water partition coefficient (Wildman–Crippen LogP) is 2.80. The zero-order valence-corrected chi connectivity index (χ0v) is 11.2. The lowest BCUT2D eigenvalue weighted by atomic mass is 9.83. The Kier molecular flexibility index (Phi) is 4.48. The zero-order valence-electron chi connectivity index (χ0n) is 11.2. The van der Waals surface area contributed by atoms with Crippen LogP contribution in [0.15, 0.2) is 18.2 Å². The lowest BCUT2D eigenvalue weighted by molar-refractivity contribution is 0.108. The van der Waals surface area contributed by atoms with Gasteiger partial charge in [-0.2, -0.15) is 0 Å². The maximum absolute atomic E-state index is 9.53. The molecule has 0 atom stereocenters. The van der Waals surface area contributed by atoms with Gasteiger partial charge in [0.15, 0.2) is 0 Å². The van der Waals surface area contributed by atoms with E-state index < -0.39 is 0 Å². The average Bonchev–Trinajstić information content (AvgIpc) is 2.41. The minimum absolute atomic E-state index is 0.0894. The minimum atomic E-state index is -0.0894. The lowest BCUT2D eigenvalue weighted by Gasteiger charge is -2.26. The van der Waals surface area contributed by atoms with Crippen molar-refractivity contribution in [1.29, 1.82) is 0 Å². The Balaban J connectivity index is 2.07. The monoisotopic (exact) mass is 250 g/mol. The molecule has 1 aliphatic carbocycles. The number of methoxy groups -OCH3 is 2. The summed E-state index contributed by atoms with van der Waals surface area (Å²) in [4.78, 5) is 0. The number of aliphatic hydroxyl groups excluding tert-OH is 1. The van der Waals surface area contributed by atoms with Crippen molar-refractivity contribution in [3.05, 3.63) is 23.8 Å². The average molecular weight is 250 g/mol. The molecule has 0 bridgehead atoms. The molecule has 0 spiro atoms. The first-order valence-electron chi connectivity index (χ1n) is 6.62. The van der Waals surface area contributed by atoms with Gasteiger partial charge < -0.3 is 14.6 Å². The molecular formula is C15H22O3. The molecule has 0 aliphatic heterocycles. The fourth-order valence-corrected chi connectivity index (χ4v) is 2.70. The summed E-state index contributed by atoms with van der Waals surface area (Å²) >= 11 is 0. The molecule has 0 heterocycles. The van der Waals surface area contributed by atoms with Crippen LogP contribution in [-0.2, 0) is 6.42 Å². The molecule has 18 heavy (non-hydrogen) atoms. The first kappa shape index (κ1) is 13.2. The van der Waals surface area contributed by atoms with Crippen molar-refractivity contribution in [3.8, 4) is 11.5 Å². The van der Waals surface area contributed by atoms with E-state index >= 15 is 0 Å². The molecule has 0 amide bonds. The van der Waals surface area contributed by atoms with Gasteiger partial charge >= 0.3 is 0 Å². The summed E-state index contributed by atoms with van der Waals surface area (Å²) in [7, 11) is 3.39. The molecule has 1 fully saturated rings. The SMILES string of the molecule is COc1ccc(OC)c(CC2CCC(O)CC2)c1. The Hall–Kier alpha value is -1.22. The van der Waals surface area contributed by atoms with Crippen molar-refractivity contribution in [2.75, 3.05) is 14.2 Å². The van der Waals surface area contributed by atoms with Gasteiger partial charge in [-0.1, -0.05) is 0 Å². The smallest absolute Gasteiger partial charge is 0.122 e. The van der Waals surface area contributed by atoms with Gasteiger partial charge in [0.1, 0.15) is 11.5 Å². The first-order chi connectivity index (χ1) is 8.72. The van der Waals surface area contributed by atoms with E-state index in [1.54, 1.807) is 14.2 Å². The topological polar surface area (TPSA) is 38.7 Å². The van der Waals surface area contributed by atoms with Crippen LogP contribution in [0, 0.1) is 5.92 Å². The van der Waals surface area contributed by atoms with Gasteiger partial charge in [0.25, 0.3) is 0 Å². The number of aliphatic hydroxyl groups is 1. The Labute approximate surface area is 109 Å². The maximum atomic E-state index is 9.53. The van der Waals surface area contributed by atoms with Gasteiger partial charge in [0, 0.05) is 0 Å². The van der Waals surface area contributed by atoms with Crippen LogP contribution >= 0.6 is 0 Å². The van der Waals surface area contributed by atoms with Gasteiger partial charge in [-0.25, -0.2) is 0 Å². The van der Waals surface area contributed by atoms with Crippen molar-refractivity contribution in [1.82, 2.24) is 0 Å². The number of hydrogen-bond acceptors (Lipinski definition) is 3. The van der Waals surface area contributed by atoms with Gasteiger partial charge in [-0.15, -0.1) is 0 Å². The van der Waals surface area contributed by atoms with Crippen LogP contribution in [0.3, 0.4) is 0 Å². The molecule has 1 aliphatic rings. The third kappa shape index (κ3) is 3.16. The van der Waals surface area contributed by atoms with Gasteiger partial charge in [0.05, 0.1) is 20.3 Å². The fourth-order valence-electron chi connectivity index (χ4n) is 2.70. The summed E-state index contributed by atoms with van der Waals surface area (Å²) in [5.41, 5.74) is 1.21. The van der Waals surface area contributed by atoms with Crippen LogP contribution in [-0.4, -0.2) is 25.4 Å². The van der Waals surface area contributed by atoms with E-state index in [1.165, 1.54) is 5.56 Å². The number of hydrogen-bond donors (Lipinski definition) is 1. The van der Waals surface area contributed by atoms with E-state index in [0.717, 1.165) is 43.6 Å². The predicted molar refractivity (Wildman–Crippen MR) is 71.2 cm³/mol. The molecule has 0 unspecified atom stereocenters. The van der Waals surface area contributed by atoms with E-state index in [9.17, 15) is 5.11 Å². The molecule has 1 aromatic carbocycles. The van der Waals surface area contributed by atoms with Crippen LogP contribution in [0.4, 0.5) is 0 Å².